The molecule has 0 aliphatic carbocycles. The van der Waals surface area contributed by atoms with Gasteiger partial charge in [-0.15, -0.1) is 20.4 Å². The quantitative estimate of drug-likeness (QED) is 0.172. The Morgan fingerprint density at radius 1 is 1.00 bits per heavy atom. The fraction of sp³-hybridized carbons (Fsp3) is 0.308. The van der Waals surface area contributed by atoms with Gasteiger partial charge in [0.25, 0.3) is 5.91 Å². The first kappa shape index (κ1) is 31.6. The van der Waals surface area contributed by atoms with Crippen molar-refractivity contribution in [2.45, 2.75) is 41.7 Å². The van der Waals surface area contributed by atoms with E-state index in [1.54, 1.807) is 11.8 Å². The molecule has 0 radical (unpaired) electrons. The highest BCUT2D eigenvalue weighted by Gasteiger charge is 2.20. The first-order valence-electron chi connectivity index (χ1n) is 12.7. The fourth-order valence-corrected chi connectivity index (χ4v) is 7.04. The topological polar surface area (TPSA) is 152 Å². The SMILES string of the molecule is CCSc1nnc(NC(=O)CSc2nnc(CNC(=O)c3ccc(S(=O)(=O)N(C)C)cc3)n2-c2cccc(C)c2C)s1. The molecule has 16 heteroatoms. The summed E-state index contributed by atoms with van der Waals surface area (Å²) in [6.07, 6.45) is 0. The summed E-state index contributed by atoms with van der Waals surface area (Å²) < 4.78 is 28.4. The van der Waals surface area contributed by atoms with Gasteiger partial charge >= 0.3 is 0 Å². The molecule has 2 aromatic carbocycles. The summed E-state index contributed by atoms with van der Waals surface area (Å²) in [5.74, 6) is 0.743. The van der Waals surface area contributed by atoms with Crippen molar-refractivity contribution in [1.29, 1.82) is 0 Å². The molecule has 42 heavy (non-hydrogen) atoms. The van der Waals surface area contributed by atoms with Crippen LogP contribution in [0.2, 0.25) is 0 Å². The minimum atomic E-state index is -3.60. The zero-order valence-electron chi connectivity index (χ0n) is 23.6. The van der Waals surface area contributed by atoms with Crippen LogP contribution < -0.4 is 10.6 Å². The molecule has 0 atom stereocenters. The summed E-state index contributed by atoms with van der Waals surface area (Å²) in [5.41, 5.74) is 3.20. The maximum Gasteiger partial charge on any atom is 0.251 e. The van der Waals surface area contributed by atoms with E-state index in [-0.39, 0.29) is 23.1 Å². The predicted molar refractivity (Wildman–Crippen MR) is 165 cm³/mol. The van der Waals surface area contributed by atoms with Gasteiger partial charge in [0.05, 0.1) is 22.9 Å². The van der Waals surface area contributed by atoms with Gasteiger partial charge in [-0.25, -0.2) is 12.7 Å². The molecular weight excluding hydrogens is 617 g/mol. The summed E-state index contributed by atoms with van der Waals surface area (Å²) in [5, 5.41) is 23.2. The molecule has 4 aromatic rings. The van der Waals surface area contributed by atoms with Crippen LogP contribution >= 0.6 is 34.9 Å². The lowest BCUT2D eigenvalue weighted by Crippen LogP contribution is -2.25. The van der Waals surface area contributed by atoms with E-state index in [9.17, 15) is 18.0 Å². The molecule has 2 N–H and O–H groups in total. The minimum absolute atomic E-state index is 0.0480. The molecular formula is C26H30N8O4S4. The van der Waals surface area contributed by atoms with Crippen LogP contribution in [0.4, 0.5) is 5.13 Å². The number of anilines is 1. The zero-order valence-corrected chi connectivity index (χ0v) is 26.9. The second-order valence-corrected chi connectivity index (χ2v) is 14.7. The van der Waals surface area contributed by atoms with E-state index in [1.807, 2.05) is 43.5 Å². The number of aryl methyl sites for hydroxylation is 1. The number of sulfonamides is 1. The lowest BCUT2D eigenvalue weighted by Gasteiger charge is -2.15. The maximum absolute atomic E-state index is 12.9. The summed E-state index contributed by atoms with van der Waals surface area (Å²) in [4.78, 5) is 25.7. The van der Waals surface area contributed by atoms with Gasteiger partial charge in [0.15, 0.2) is 15.3 Å². The van der Waals surface area contributed by atoms with Gasteiger partial charge in [0.1, 0.15) is 0 Å². The Kier molecular flexibility index (Phi) is 10.4. The van der Waals surface area contributed by atoms with Crippen molar-refractivity contribution in [3.63, 3.8) is 0 Å². The van der Waals surface area contributed by atoms with Crippen molar-refractivity contribution in [1.82, 2.24) is 34.6 Å². The van der Waals surface area contributed by atoms with Crippen molar-refractivity contribution in [3.8, 4) is 5.69 Å². The molecule has 0 aliphatic rings. The van der Waals surface area contributed by atoms with Gasteiger partial charge in [0.2, 0.25) is 21.1 Å². The molecule has 12 nitrogen and oxygen atoms in total. The van der Waals surface area contributed by atoms with Crippen LogP contribution in [-0.2, 0) is 21.4 Å². The number of hydrogen-bond acceptors (Lipinski definition) is 11. The second-order valence-electron chi connectivity index (χ2n) is 9.09. The van der Waals surface area contributed by atoms with Gasteiger partial charge in [-0.05, 0) is 61.1 Å². The molecule has 0 bridgehead atoms. The molecule has 0 fully saturated rings. The summed E-state index contributed by atoms with van der Waals surface area (Å²) in [7, 11) is -0.712. The van der Waals surface area contributed by atoms with Crippen LogP contribution in [0.3, 0.4) is 0 Å². The van der Waals surface area contributed by atoms with Crippen LogP contribution in [0.1, 0.15) is 34.2 Å². The third-order valence-corrected chi connectivity index (χ3v) is 10.7. The Balaban J connectivity index is 1.50. The highest BCUT2D eigenvalue weighted by Crippen LogP contribution is 2.28. The first-order valence-corrected chi connectivity index (χ1v) is 16.9. The van der Waals surface area contributed by atoms with Gasteiger partial charge < -0.3 is 5.32 Å². The molecule has 0 saturated heterocycles. The van der Waals surface area contributed by atoms with Crippen LogP contribution in [0.25, 0.3) is 5.69 Å². The van der Waals surface area contributed by atoms with E-state index >= 15 is 0 Å². The average Bonchev–Trinajstić information content (AvgIpc) is 3.58. The Morgan fingerprint density at radius 3 is 2.43 bits per heavy atom. The third-order valence-electron chi connectivity index (χ3n) is 6.07. The molecule has 222 valence electrons. The van der Waals surface area contributed by atoms with Gasteiger partial charge in [-0.1, -0.05) is 53.9 Å². The summed E-state index contributed by atoms with van der Waals surface area (Å²) in [6.45, 7) is 6.05. The molecule has 0 unspecified atom stereocenters. The van der Waals surface area contributed by atoms with Crippen LogP contribution in [0, 0.1) is 13.8 Å². The number of benzene rings is 2. The zero-order chi connectivity index (χ0) is 30.4. The van der Waals surface area contributed by atoms with E-state index in [1.165, 1.54) is 61.5 Å². The summed E-state index contributed by atoms with van der Waals surface area (Å²) >= 11 is 4.09. The first-order chi connectivity index (χ1) is 20.0. The largest absolute Gasteiger partial charge is 0.345 e. The van der Waals surface area contributed by atoms with Crippen LogP contribution in [0.15, 0.2) is 56.9 Å². The monoisotopic (exact) mass is 646 g/mol. The highest BCUT2D eigenvalue weighted by molar-refractivity contribution is 8.01. The van der Waals surface area contributed by atoms with E-state index < -0.39 is 15.9 Å². The van der Waals surface area contributed by atoms with Crippen molar-refractivity contribution in [2.75, 3.05) is 30.9 Å². The van der Waals surface area contributed by atoms with Crippen molar-refractivity contribution < 1.29 is 18.0 Å². The Morgan fingerprint density at radius 2 is 1.74 bits per heavy atom. The Labute approximate surface area is 256 Å². The smallest absolute Gasteiger partial charge is 0.251 e. The number of carbonyl (C=O) groups excluding carboxylic acids is 2. The molecule has 0 spiro atoms. The van der Waals surface area contributed by atoms with Crippen molar-refractivity contribution in [3.05, 3.63) is 65.0 Å². The molecule has 0 aliphatic heterocycles. The van der Waals surface area contributed by atoms with Crippen molar-refractivity contribution in [2.24, 2.45) is 0 Å². The minimum Gasteiger partial charge on any atom is -0.345 e. The second kappa shape index (κ2) is 13.8. The van der Waals surface area contributed by atoms with E-state index in [0.29, 0.717) is 21.7 Å². The van der Waals surface area contributed by atoms with Gasteiger partial charge in [0, 0.05) is 19.7 Å². The van der Waals surface area contributed by atoms with E-state index in [0.717, 1.165) is 31.2 Å². The fourth-order valence-electron chi connectivity index (χ4n) is 3.71. The molecule has 2 aromatic heterocycles. The summed E-state index contributed by atoms with van der Waals surface area (Å²) in [6, 6.07) is 11.6. The number of nitrogens with one attached hydrogen (secondary N) is 2. The van der Waals surface area contributed by atoms with Crippen molar-refractivity contribution >= 4 is 61.8 Å². The normalized spacial score (nSPS) is 11.6. The number of nitrogens with zero attached hydrogens (tertiary/aromatic N) is 6. The number of rotatable bonds is 12. The lowest BCUT2D eigenvalue weighted by atomic mass is 10.1. The van der Waals surface area contributed by atoms with Crippen LogP contribution in [0.5, 0.6) is 0 Å². The lowest BCUT2D eigenvalue weighted by molar-refractivity contribution is -0.113. The molecule has 2 heterocycles. The maximum atomic E-state index is 12.9. The molecule has 0 saturated carbocycles. The predicted octanol–water partition coefficient (Wildman–Crippen LogP) is 3.76. The van der Waals surface area contributed by atoms with E-state index in [2.05, 4.69) is 31.0 Å². The average molecular weight is 647 g/mol. The standard InChI is InChI=1S/C26H30N8O4S4/c1-6-39-26-32-30-24(41-26)28-22(35)15-40-25-31-29-21(34(25)20-9-7-8-16(2)17(20)3)14-27-23(36)18-10-12-19(13-11-18)42(37,38)33(4)5/h7-13H,6,14-15H2,1-5H3,(H,27,36)(H,28,30,35). The highest BCUT2D eigenvalue weighted by atomic mass is 32.2. The van der Waals surface area contributed by atoms with Crippen LogP contribution in [-0.4, -0.2) is 75.1 Å². The molecule has 2 amide bonds. The number of amides is 2. The van der Waals surface area contributed by atoms with Gasteiger partial charge in [-0.3, -0.25) is 19.5 Å². The van der Waals surface area contributed by atoms with E-state index in [4.69, 9.17) is 0 Å². The Hall–Kier alpha value is -3.31. The number of hydrogen-bond donors (Lipinski definition) is 2. The van der Waals surface area contributed by atoms with Gasteiger partial charge in [-0.2, -0.15) is 0 Å². The Bertz CT molecular complexity index is 1680. The number of thioether (sulfide) groups is 2. The molecule has 4 rings (SSSR count). The number of carbonyl (C=O) groups is 2. The third kappa shape index (κ3) is 7.36. The number of aromatic nitrogens is 5.